The van der Waals surface area contributed by atoms with Crippen molar-refractivity contribution in [1.29, 1.82) is 0 Å². The largest absolute Gasteiger partial charge is 0.480 e. The summed E-state index contributed by atoms with van der Waals surface area (Å²) in [6.45, 7) is 1.92. The number of piperidine rings is 1. The Morgan fingerprint density at radius 2 is 2.08 bits per heavy atom. The molecule has 0 saturated carbocycles. The zero-order valence-corrected chi connectivity index (χ0v) is 7.92. The summed E-state index contributed by atoms with van der Waals surface area (Å²) in [6.07, 6.45) is 1.80. The molecule has 0 aromatic heterocycles. The lowest BCUT2D eigenvalue weighted by Crippen LogP contribution is -2.36. The predicted octanol–water partition coefficient (Wildman–Crippen LogP) is 1.02. The molecule has 70 valence electrons. The van der Waals surface area contributed by atoms with Crippen molar-refractivity contribution in [2.24, 2.45) is 5.92 Å². The minimum Gasteiger partial charge on any atom is -0.480 e. The van der Waals surface area contributed by atoms with Crippen LogP contribution in [0.25, 0.3) is 0 Å². The fourth-order valence-corrected chi connectivity index (χ4v) is 1.77. The van der Waals surface area contributed by atoms with Crippen molar-refractivity contribution in [1.82, 2.24) is 4.90 Å². The van der Waals surface area contributed by atoms with E-state index >= 15 is 0 Å². The smallest absolute Gasteiger partial charge is 0.321 e. The molecular formula is C8H14ClNO2. The van der Waals surface area contributed by atoms with E-state index in [1.54, 1.807) is 0 Å². The Morgan fingerprint density at radius 3 is 2.50 bits per heavy atom. The summed E-state index contributed by atoms with van der Waals surface area (Å²) in [5.41, 5.74) is 0. The quantitative estimate of drug-likeness (QED) is 0.663. The van der Waals surface area contributed by atoms with Crippen LogP contribution in [-0.2, 0) is 4.79 Å². The first kappa shape index (κ1) is 9.81. The van der Waals surface area contributed by atoms with E-state index in [1.165, 1.54) is 0 Å². The highest BCUT2D eigenvalue weighted by Crippen LogP contribution is 2.23. The number of halogens is 1. The van der Waals surface area contributed by atoms with Crippen LogP contribution in [0.2, 0.25) is 0 Å². The summed E-state index contributed by atoms with van der Waals surface area (Å²) < 4.78 is 0. The third kappa shape index (κ3) is 2.35. The Kier molecular flexibility index (Phi) is 3.35. The van der Waals surface area contributed by atoms with Crippen molar-refractivity contribution in [2.75, 3.05) is 20.1 Å². The van der Waals surface area contributed by atoms with E-state index in [0.717, 1.165) is 25.9 Å². The van der Waals surface area contributed by atoms with E-state index in [2.05, 4.69) is 4.90 Å². The first-order chi connectivity index (χ1) is 5.61. The highest BCUT2D eigenvalue weighted by molar-refractivity contribution is 6.29. The number of likely N-dealkylation sites (tertiary alicyclic amines) is 1. The van der Waals surface area contributed by atoms with E-state index in [9.17, 15) is 4.79 Å². The number of hydrogen-bond acceptors (Lipinski definition) is 2. The molecule has 12 heavy (non-hydrogen) atoms. The van der Waals surface area contributed by atoms with Crippen LogP contribution < -0.4 is 0 Å². The van der Waals surface area contributed by atoms with Crippen molar-refractivity contribution in [3.8, 4) is 0 Å². The third-order valence-electron chi connectivity index (χ3n) is 2.41. The summed E-state index contributed by atoms with van der Waals surface area (Å²) in [7, 11) is 2.04. The van der Waals surface area contributed by atoms with Crippen LogP contribution in [0.3, 0.4) is 0 Å². The minimum atomic E-state index is -0.883. The third-order valence-corrected chi connectivity index (χ3v) is 2.96. The molecule has 1 fully saturated rings. The second kappa shape index (κ2) is 4.10. The van der Waals surface area contributed by atoms with Gasteiger partial charge in [0.1, 0.15) is 5.38 Å². The summed E-state index contributed by atoms with van der Waals surface area (Å²) in [4.78, 5) is 12.7. The number of aliphatic carboxylic acids is 1. The average Bonchev–Trinajstić information content (AvgIpc) is 2.04. The van der Waals surface area contributed by atoms with Crippen LogP contribution in [0, 0.1) is 5.92 Å². The second-order valence-electron chi connectivity index (χ2n) is 3.38. The number of nitrogens with zero attached hydrogens (tertiary/aromatic N) is 1. The standard InChI is InChI=1S/C8H14ClNO2/c1-10-4-2-6(3-5-10)7(9)8(11)12/h6-7H,2-5H2,1H3,(H,11,12). The van der Waals surface area contributed by atoms with Crippen molar-refractivity contribution in [2.45, 2.75) is 18.2 Å². The van der Waals surface area contributed by atoms with Gasteiger partial charge in [0.25, 0.3) is 0 Å². The number of carbonyl (C=O) groups is 1. The molecule has 1 heterocycles. The van der Waals surface area contributed by atoms with Gasteiger partial charge in [0.2, 0.25) is 0 Å². The monoisotopic (exact) mass is 191 g/mol. The highest BCUT2D eigenvalue weighted by atomic mass is 35.5. The highest BCUT2D eigenvalue weighted by Gasteiger charge is 2.28. The van der Waals surface area contributed by atoms with Crippen LogP contribution in [0.1, 0.15) is 12.8 Å². The number of carboxylic acid groups (broad SMARTS) is 1. The lowest BCUT2D eigenvalue weighted by molar-refractivity contribution is -0.137. The van der Waals surface area contributed by atoms with E-state index in [-0.39, 0.29) is 5.92 Å². The van der Waals surface area contributed by atoms with Crippen molar-refractivity contribution in [3.05, 3.63) is 0 Å². The first-order valence-corrected chi connectivity index (χ1v) is 4.60. The van der Waals surface area contributed by atoms with E-state index in [1.807, 2.05) is 7.05 Å². The second-order valence-corrected chi connectivity index (χ2v) is 3.85. The van der Waals surface area contributed by atoms with E-state index in [4.69, 9.17) is 16.7 Å². The molecule has 1 rings (SSSR count). The normalized spacial score (nSPS) is 23.8. The molecule has 0 radical (unpaired) electrons. The van der Waals surface area contributed by atoms with Gasteiger partial charge in [-0.1, -0.05) is 0 Å². The fourth-order valence-electron chi connectivity index (χ4n) is 1.52. The van der Waals surface area contributed by atoms with Crippen LogP contribution in [0.5, 0.6) is 0 Å². The molecule has 0 aliphatic carbocycles. The zero-order valence-electron chi connectivity index (χ0n) is 7.16. The molecule has 1 aliphatic heterocycles. The Balaban J connectivity index is 2.39. The van der Waals surface area contributed by atoms with Gasteiger partial charge in [-0.15, -0.1) is 11.6 Å². The summed E-state index contributed by atoms with van der Waals surface area (Å²) in [6, 6.07) is 0. The van der Waals surface area contributed by atoms with Gasteiger partial charge in [0, 0.05) is 0 Å². The SMILES string of the molecule is CN1CCC(C(Cl)C(=O)O)CC1. The van der Waals surface area contributed by atoms with Crippen molar-refractivity contribution >= 4 is 17.6 Å². The topological polar surface area (TPSA) is 40.5 Å². The van der Waals surface area contributed by atoms with Crippen molar-refractivity contribution in [3.63, 3.8) is 0 Å². The predicted molar refractivity (Wildman–Crippen MR) is 47.5 cm³/mol. The molecule has 4 heteroatoms. The summed E-state index contributed by atoms with van der Waals surface area (Å²) >= 11 is 5.72. The molecule has 1 unspecified atom stereocenters. The number of alkyl halides is 1. The lowest BCUT2D eigenvalue weighted by atomic mass is 9.93. The van der Waals surface area contributed by atoms with Gasteiger partial charge >= 0.3 is 5.97 Å². The zero-order chi connectivity index (χ0) is 9.14. The summed E-state index contributed by atoms with van der Waals surface area (Å²) in [5.74, 6) is -0.730. The van der Waals surface area contributed by atoms with E-state index < -0.39 is 11.3 Å². The Labute approximate surface area is 77.3 Å². The van der Waals surface area contributed by atoms with Gasteiger partial charge in [-0.05, 0) is 38.9 Å². The van der Waals surface area contributed by atoms with Gasteiger partial charge in [0.15, 0.2) is 0 Å². The lowest BCUT2D eigenvalue weighted by Gasteiger charge is -2.29. The van der Waals surface area contributed by atoms with Crippen LogP contribution in [0.4, 0.5) is 0 Å². The van der Waals surface area contributed by atoms with Crippen LogP contribution >= 0.6 is 11.6 Å². The molecule has 1 atom stereocenters. The number of hydrogen-bond donors (Lipinski definition) is 1. The molecule has 0 spiro atoms. The molecule has 1 saturated heterocycles. The molecule has 0 amide bonds. The molecular weight excluding hydrogens is 178 g/mol. The first-order valence-electron chi connectivity index (χ1n) is 4.16. The molecule has 0 bridgehead atoms. The Hall–Kier alpha value is -0.280. The molecule has 1 aliphatic rings. The maximum Gasteiger partial charge on any atom is 0.321 e. The fraction of sp³-hybridized carbons (Fsp3) is 0.875. The van der Waals surface area contributed by atoms with Crippen LogP contribution in [-0.4, -0.2) is 41.5 Å². The van der Waals surface area contributed by atoms with Gasteiger partial charge in [0.05, 0.1) is 0 Å². The van der Waals surface area contributed by atoms with Gasteiger partial charge in [-0.3, -0.25) is 4.79 Å². The molecule has 0 aromatic rings. The van der Waals surface area contributed by atoms with Gasteiger partial charge < -0.3 is 10.0 Å². The van der Waals surface area contributed by atoms with Crippen molar-refractivity contribution < 1.29 is 9.90 Å². The minimum absolute atomic E-state index is 0.153. The molecule has 1 N–H and O–H groups in total. The maximum atomic E-state index is 10.5. The average molecular weight is 192 g/mol. The van der Waals surface area contributed by atoms with Gasteiger partial charge in [-0.25, -0.2) is 0 Å². The number of rotatable bonds is 2. The summed E-state index contributed by atoms with van der Waals surface area (Å²) in [5, 5.41) is 7.96. The van der Waals surface area contributed by atoms with Crippen LogP contribution in [0.15, 0.2) is 0 Å². The van der Waals surface area contributed by atoms with E-state index in [0.29, 0.717) is 0 Å². The maximum absolute atomic E-state index is 10.5. The molecule has 3 nitrogen and oxygen atoms in total. The Morgan fingerprint density at radius 1 is 1.58 bits per heavy atom. The number of carboxylic acids is 1. The Bertz CT molecular complexity index is 166. The van der Waals surface area contributed by atoms with Gasteiger partial charge in [-0.2, -0.15) is 0 Å². The molecule has 0 aromatic carbocycles.